The zero-order valence-corrected chi connectivity index (χ0v) is 15.8. The lowest BCUT2D eigenvalue weighted by molar-refractivity contribution is -0.138. The standard InChI is InChI=1S/C18H20ClNO4S/c1-4-16(18(21)22)20(17-7-5-6-15(19)13(17)3)25(23,24)14-10-8-12(2)9-11-14/h5-11,16H,4H2,1-3H3,(H,21,22). The summed E-state index contributed by atoms with van der Waals surface area (Å²) in [5.41, 5.74) is 1.69. The van der Waals surface area contributed by atoms with Crippen molar-refractivity contribution in [3.05, 3.63) is 58.6 Å². The summed E-state index contributed by atoms with van der Waals surface area (Å²) in [4.78, 5) is 11.8. The van der Waals surface area contributed by atoms with Crippen LogP contribution in [0, 0.1) is 13.8 Å². The van der Waals surface area contributed by atoms with Gasteiger partial charge < -0.3 is 5.11 Å². The monoisotopic (exact) mass is 381 g/mol. The summed E-state index contributed by atoms with van der Waals surface area (Å²) in [6.45, 7) is 5.15. The van der Waals surface area contributed by atoms with Crippen LogP contribution in [0.5, 0.6) is 0 Å². The Labute approximate surface area is 152 Å². The molecule has 0 aliphatic heterocycles. The average molecular weight is 382 g/mol. The molecule has 134 valence electrons. The van der Waals surface area contributed by atoms with E-state index in [2.05, 4.69) is 0 Å². The van der Waals surface area contributed by atoms with Crippen LogP contribution in [0.25, 0.3) is 0 Å². The Hall–Kier alpha value is -2.05. The van der Waals surface area contributed by atoms with Crippen LogP contribution >= 0.6 is 11.6 Å². The molecule has 0 amide bonds. The molecule has 0 heterocycles. The third-order valence-corrected chi connectivity index (χ3v) is 6.26. The van der Waals surface area contributed by atoms with E-state index in [0.29, 0.717) is 10.6 Å². The molecule has 0 fully saturated rings. The average Bonchev–Trinajstić information content (AvgIpc) is 2.55. The van der Waals surface area contributed by atoms with Crippen molar-refractivity contribution >= 4 is 33.3 Å². The maximum Gasteiger partial charge on any atom is 0.327 e. The van der Waals surface area contributed by atoms with Gasteiger partial charge in [-0.1, -0.05) is 42.3 Å². The van der Waals surface area contributed by atoms with Gasteiger partial charge in [-0.15, -0.1) is 0 Å². The lowest BCUT2D eigenvalue weighted by Gasteiger charge is -2.31. The van der Waals surface area contributed by atoms with E-state index in [1.54, 1.807) is 44.2 Å². The summed E-state index contributed by atoms with van der Waals surface area (Å²) in [6, 6.07) is 9.89. The smallest absolute Gasteiger partial charge is 0.327 e. The molecule has 25 heavy (non-hydrogen) atoms. The first kappa shape index (κ1) is 19.3. The van der Waals surface area contributed by atoms with E-state index in [9.17, 15) is 18.3 Å². The van der Waals surface area contributed by atoms with E-state index in [-0.39, 0.29) is 17.0 Å². The predicted molar refractivity (Wildman–Crippen MR) is 98.7 cm³/mol. The van der Waals surface area contributed by atoms with Gasteiger partial charge in [0.25, 0.3) is 10.0 Å². The van der Waals surface area contributed by atoms with Crippen molar-refractivity contribution in [1.29, 1.82) is 0 Å². The summed E-state index contributed by atoms with van der Waals surface area (Å²) in [7, 11) is -4.07. The molecule has 7 heteroatoms. The van der Waals surface area contributed by atoms with Crippen LogP contribution in [0.1, 0.15) is 24.5 Å². The van der Waals surface area contributed by atoms with Gasteiger partial charge in [0.1, 0.15) is 6.04 Å². The zero-order valence-electron chi connectivity index (χ0n) is 14.2. The molecule has 5 nitrogen and oxygen atoms in total. The quantitative estimate of drug-likeness (QED) is 0.820. The number of aliphatic carboxylic acids is 1. The van der Waals surface area contributed by atoms with Crippen molar-refractivity contribution in [2.24, 2.45) is 0 Å². The van der Waals surface area contributed by atoms with Crippen molar-refractivity contribution in [2.75, 3.05) is 4.31 Å². The maximum atomic E-state index is 13.2. The van der Waals surface area contributed by atoms with E-state index in [4.69, 9.17) is 11.6 Å². The van der Waals surface area contributed by atoms with Gasteiger partial charge in [-0.3, -0.25) is 4.31 Å². The first-order chi connectivity index (χ1) is 11.7. The van der Waals surface area contributed by atoms with Crippen molar-refractivity contribution < 1.29 is 18.3 Å². The molecule has 1 atom stereocenters. The maximum absolute atomic E-state index is 13.2. The van der Waals surface area contributed by atoms with Gasteiger partial charge in [-0.25, -0.2) is 13.2 Å². The molecule has 1 N–H and O–H groups in total. The third-order valence-electron chi connectivity index (χ3n) is 4.01. The highest BCUT2D eigenvalue weighted by molar-refractivity contribution is 7.93. The molecule has 0 bridgehead atoms. The second kappa shape index (κ2) is 7.45. The molecule has 0 saturated heterocycles. The molecule has 0 aromatic heterocycles. The number of rotatable bonds is 6. The fourth-order valence-electron chi connectivity index (χ4n) is 2.56. The highest BCUT2D eigenvalue weighted by atomic mass is 35.5. The number of aryl methyl sites for hydroxylation is 1. The lowest BCUT2D eigenvalue weighted by atomic mass is 10.1. The number of anilines is 1. The van der Waals surface area contributed by atoms with Crippen molar-refractivity contribution in [2.45, 2.75) is 38.1 Å². The highest BCUT2D eigenvalue weighted by Crippen LogP contribution is 2.33. The first-order valence-corrected chi connectivity index (χ1v) is 9.61. The van der Waals surface area contributed by atoms with Crippen LogP contribution in [0.2, 0.25) is 5.02 Å². The molecule has 2 rings (SSSR count). The Bertz CT molecular complexity index is 878. The number of sulfonamides is 1. The normalized spacial score (nSPS) is 12.6. The number of hydrogen-bond donors (Lipinski definition) is 1. The number of carboxylic acids is 1. The van der Waals surface area contributed by atoms with Crippen LogP contribution in [0.4, 0.5) is 5.69 Å². The topological polar surface area (TPSA) is 74.7 Å². The number of carboxylic acid groups (broad SMARTS) is 1. The molecule has 2 aromatic rings. The number of hydrogen-bond acceptors (Lipinski definition) is 3. The molecule has 0 aliphatic rings. The summed E-state index contributed by atoms with van der Waals surface area (Å²) in [6.07, 6.45) is 0.117. The molecular weight excluding hydrogens is 362 g/mol. The molecule has 0 saturated carbocycles. The van der Waals surface area contributed by atoms with Gasteiger partial charge in [0.2, 0.25) is 0 Å². The van der Waals surface area contributed by atoms with E-state index >= 15 is 0 Å². The van der Waals surface area contributed by atoms with Gasteiger partial charge in [0, 0.05) is 5.02 Å². The van der Waals surface area contributed by atoms with Crippen molar-refractivity contribution in [3.8, 4) is 0 Å². The largest absolute Gasteiger partial charge is 0.480 e. The van der Waals surface area contributed by atoms with Gasteiger partial charge in [-0.05, 0) is 50.1 Å². The van der Waals surface area contributed by atoms with Gasteiger partial charge >= 0.3 is 5.97 Å². The van der Waals surface area contributed by atoms with Crippen LogP contribution in [0.15, 0.2) is 47.4 Å². The number of halogens is 1. The second-order valence-corrected chi connectivity index (χ2v) is 7.98. The minimum atomic E-state index is -4.07. The Morgan fingerprint density at radius 3 is 2.28 bits per heavy atom. The minimum Gasteiger partial charge on any atom is -0.480 e. The van der Waals surface area contributed by atoms with E-state index in [1.165, 1.54) is 12.1 Å². The molecule has 0 radical (unpaired) electrons. The fraction of sp³-hybridized carbons (Fsp3) is 0.278. The summed E-state index contributed by atoms with van der Waals surface area (Å²) in [5, 5.41) is 9.96. The molecule has 2 aromatic carbocycles. The van der Waals surface area contributed by atoms with Crippen LogP contribution in [-0.4, -0.2) is 25.5 Å². The number of benzene rings is 2. The third kappa shape index (κ3) is 3.80. The molecule has 0 spiro atoms. The molecule has 0 aliphatic carbocycles. The van der Waals surface area contributed by atoms with Crippen LogP contribution in [0.3, 0.4) is 0 Å². The highest BCUT2D eigenvalue weighted by Gasteiger charge is 2.36. The first-order valence-electron chi connectivity index (χ1n) is 7.79. The van der Waals surface area contributed by atoms with Crippen LogP contribution in [-0.2, 0) is 14.8 Å². The van der Waals surface area contributed by atoms with E-state index in [1.807, 2.05) is 6.92 Å². The number of carbonyl (C=O) groups is 1. The summed E-state index contributed by atoms with van der Waals surface area (Å²) >= 11 is 6.13. The Morgan fingerprint density at radius 2 is 1.76 bits per heavy atom. The SMILES string of the molecule is CCC(C(=O)O)N(c1cccc(Cl)c1C)S(=O)(=O)c1ccc(C)cc1. The second-order valence-electron chi connectivity index (χ2n) is 5.76. The Morgan fingerprint density at radius 1 is 1.16 bits per heavy atom. The van der Waals surface area contributed by atoms with Crippen molar-refractivity contribution in [1.82, 2.24) is 0 Å². The van der Waals surface area contributed by atoms with Gasteiger partial charge in [-0.2, -0.15) is 0 Å². The lowest BCUT2D eigenvalue weighted by Crippen LogP contribution is -2.45. The fourth-order valence-corrected chi connectivity index (χ4v) is 4.47. The zero-order chi connectivity index (χ0) is 18.8. The number of nitrogens with zero attached hydrogens (tertiary/aromatic N) is 1. The van der Waals surface area contributed by atoms with Crippen LogP contribution < -0.4 is 4.31 Å². The molecular formula is C18H20ClNO4S. The summed E-state index contributed by atoms with van der Waals surface area (Å²) in [5.74, 6) is -1.21. The van der Waals surface area contributed by atoms with E-state index in [0.717, 1.165) is 9.87 Å². The van der Waals surface area contributed by atoms with E-state index < -0.39 is 22.0 Å². The predicted octanol–water partition coefficient (Wildman–Crippen LogP) is 4.02. The Balaban J connectivity index is 2.72. The van der Waals surface area contributed by atoms with Crippen molar-refractivity contribution in [3.63, 3.8) is 0 Å². The van der Waals surface area contributed by atoms with Gasteiger partial charge in [0.15, 0.2) is 0 Å². The minimum absolute atomic E-state index is 0.0391. The molecule has 1 unspecified atom stereocenters. The van der Waals surface area contributed by atoms with Gasteiger partial charge in [0.05, 0.1) is 10.6 Å². The summed E-state index contributed by atoms with van der Waals surface area (Å²) < 4.78 is 27.4. The Kier molecular flexibility index (Phi) is 5.75.